The molecule has 96 valence electrons. The summed E-state index contributed by atoms with van der Waals surface area (Å²) in [6, 6.07) is 9.49. The molecule has 0 aliphatic heterocycles. The Bertz CT molecular complexity index is 431. The first-order valence-electron chi connectivity index (χ1n) is 7.30. The fourth-order valence-corrected chi connectivity index (χ4v) is 3.60. The highest BCUT2D eigenvalue weighted by Gasteiger charge is 2.38. The molecule has 2 aliphatic carbocycles. The molecule has 0 radical (unpaired) electrons. The second-order valence-corrected chi connectivity index (χ2v) is 5.93. The summed E-state index contributed by atoms with van der Waals surface area (Å²) in [5, 5.41) is 3.69. The Morgan fingerprint density at radius 3 is 2.50 bits per heavy atom. The number of benzene rings is 1. The van der Waals surface area contributed by atoms with E-state index in [-0.39, 0.29) is 0 Å². The number of hydrogen-bond donors (Lipinski definition) is 1. The van der Waals surface area contributed by atoms with Crippen LogP contribution in [0.5, 0.6) is 0 Å². The molecule has 3 rings (SSSR count). The van der Waals surface area contributed by atoms with Crippen LogP contribution in [0.4, 0.5) is 5.69 Å². The van der Waals surface area contributed by atoms with Gasteiger partial charge in [-0.25, -0.2) is 0 Å². The van der Waals surface area contributed by atoms with Gasteiger partial charge in [0, 0.05) is 11.7 Å². The lowest BCUT2D eigenvalue weighted by Crippen LogP contribution is -2.28. The number of allylic oxidation sites excluding steroid dienone is 2. The van der Waals surface area contributed by atoms with E-state index >= 15 is 0 Å². The molecule has 0 amide bonds. The van der Waals surface area contributed by atoms with Crippen molar-refractivity contribution < 1.29 is 0 Å². The number of rotatable bonds is 4. The highest BCUT2D eigenvalue weighted by molar-refractivity contribution is 5.45. The van der Waals surface area contributed by atoms with Crippen LogP contribution in [0.25, 0.3) is 0 Å². The van der Waals surface area contributed by atoms with Gasteiger partial charge in [0.1, 0.15) is 0 Å². The molecule has 1 aromatic rings. The van der Waals surface area contributed by atoms with Gasteiger partial charge in [-0.3, -0.25) is 0 Å². The van der Waals surface area contributed by atoms with Crippen LogP contribution in [0.1, 0.15) is 32.3 Å². The first kappa shape index (κ1) is 11.8. The summed E-state index contributed by atoms with van der Waals surface area (Å²) in [7, 11) is 0. The van der Waals surface area contributed by atoms with Crippen molar-refractivity contribution in [2.75, 3.05) is 5.32 Å². The lowest BCUT2D eigenvalue weighted by atomic mass is 9.87. The van der Waals surface area contributed by atoms with Crippen LogP contribution in [-0.4, -0.2) is 6.04 Å². The zero-order valence-corrected chi connectivity index (χ0v) is 11.4. The van der Waals surface area contributed by atoms with Crippen molar-refractivity contribution in [2.45, 2.75) is 39.2 Å². The minimum absolute atomic E-state index is 0.581. The van der Waals surface area contributed by atoms with E-state index in [9.17, 15) is 0 Å². The van der Waals surface area contributed by atoms with E-state index in [0.717, 1.165) is 24.2 Å². The maximum atomic E-state index is 3.69. The molecule has 0 heterocycles. The van der Waals surface area contributed by atoms with Gasteiger partial charge in [0.25, 0.3) is 0 Å². The fourth-order valence-electron chi connectivity index (χ4n) is 3.60. The van der Waals surface area contributed by atoms with Gasteiger partial charge in [0.15, 0.2) is 0 Å². The molecule has 1 N–H and O–H groups in total. The third-order valence-corrected chi connectivity index (χ3v) is 4.73. The van der Waals surface area contributed by atoms with E-state index in [1.165, 1.54) is 24.1 Å². The summed E-state index contributed by atoms with van der Waals surface area (Å²) >= 11 is 0. The van der Waals surface area contributed by atoms with Gasteiger partial charge < -0.3 is 5.32 Å². The standard InChI is InChI=1S/C17H23N/c1-3-13-5-8-16(9-6-13)18-12(2)17-11-14-4-7-15(17)10-14/h4-9,12,14-15,17-18H,3,10-11H2,1-2H3. The minimum atomic E-state index is 0.581. The lowest BCUT2D eigenvalue weighted by Gasteiger charge is -2.27. The van der Waals surface area contributed by atoms with E-state index in [4.69, 9.17) is 0 Å². The van der Waals surface area contributed by atoms with E-state index in [0.29, 0.717) is 6.04 Å². The van der Waals surface area contributed by atoms with Crippen molar-refractivity contribution in [1.29, 1.82) is 0 Å². The van der Waals surface area contributed by atoms with Gasteiger partial charge in [0.2, 0.25) is 0 Å². The molecule has 0 spiro atoms. The van der Waals surface area contributed by atoms with Gasteiger partial charge in [0.05, 0.1) is 0 Å². The molecule has 1 heteroatoms. The largest absolute Gasteiger partial charge is 0.382 e. The molecule has 18 heavy (non-hydrogen) atoms. The summed E-state index contributed by atoms with van der Waals surface area (Å²) in [6.45, 7) is 4.54. The van der Waals surface area contributed by atoms with Crippen LogP contribution in [-0.2, 0) is 6.42 Å². The van der Waals surface area contributed by atoms with Crippen molar-refractivity contribution in [3.63, 3.8) is 0 Å². The average molecular weight is 241 g/mol. The molecule has 1 aromatic carbocycles. The summed E-state index contributed by atoms with van der Waals surface area (Å²) in [5.41, 5.74) is 2.68. The quantitative estimate of drug-likeness (QED) is 0.777. The molecule has 2 bridgehead atoms. The predicted octanol–water partition coefficient (Wildman–Crippen LogP) is 4.26. The molecule has 1 fully saturated rings. The first-order valence-corrected chi connectivity index (χ1v) is 7.30. The summed E-state index contributed by atoms with van der Waals surface area (Å²) in [6.07, 6.45) is 8.75. The zero-order chi connectivity index (χ0) is 12.5. The van der Waals surface area contributed by atoms with E-state index in [1.54, 1.807) is 0 Å². The number of fused-ring (bicyclic) bond motifs is 2. The fraction of sp³-hybridized carbons (Fsp3) is 0.529. The number of nitrogens with one attached hydrogen (secondary N) is 1. The monoisotopic (exact) mass is 241 g/mol. The molecular weight excluding hydrogens is 218 g/mol. The second kappa shape index (κ2) is 4.79. The summed E-state index contributed by atoms with van der Waals surface area (Å²) in [4.78, 5) is 0. The number of aryl methyl sites for hydroxylation is 1. The molecule has 0 aromatic heterocycles. The third kappa shape index (κ3) is 2.19. The van der Waals surface area contributed by atoms with Gasteiger partial charge in [-0.05, 0) is 61.6 Å². The van der Waals surface area contributed by atoms with Crippen molar-refractivity contribution >= 4 is 5.69 Å². The molecule has 2 aliphatic rings. The molecule has 1 nitrogen and oxygen atoms in total. The highest BCUT2D eigenvalue weighted by atomic mass is 14.9. The predicted molar refractivity (Wildman–Crippen MR) is 77.7 cm³/mol. The first-order chi connectivity index (χ1) is 8.76. The number of anilines is 1. The van der Waals surface area contributed by atoms with Crippen LogP contribution in [0.3, 0.4) is 0 Å². The van der Waals surface area contributed by atoms with Crippen LogP contribution >= 0.6 is 0 Å². The topological polar surface area (TPSA) is 12.0 Å². The summed E-state index contributed by atoms with van der Waals surface area (Å²) in [5.74, 6) is 2.52. The van der Waals surface area contributed by atoms with Crippen LogP contribution in [0.15, 0.2) is 36.4 Å². The van der Waals surface area contributed by atoms with E-state index in [1.807, 2.05) is 0 Å². The highest BCUT2D eigenvalue weighted by Crippen LogP contribution is 2.45. The lowest BCUT2D eigenvalue weighted by molar-refractivity contribution is 0.400. The van der Waals surface area contributed by atoms with Gasteiger partial charge in [-0.15, -0.1) is 0 Å². The molecule has 0 saturated heterocycles. The third-order valence-electron chi connectivity index (χ3n) is 4.73. The molecule has 4 unspecified atom stereocenters. The minimum Gasteiger partial charge on any atom is -0.382 e. The Morgan fingerprint density at radius 2 is 1.94 bits per heavy atom. The molecular formula is C17H23N. The maximum Gasteiger partial charge on any atom is 0.0342 e. The molecule has 4 atom stereocenters. The number of hydrogen-bond acceptors (Lipinski definition) is 1. The normalized spacial score (nSPS) is 30.7. The van der Waals surface area contributed by atoms with Gasteiger partial charge >= 0.3 is 0 Å². The summed E-state index contributed by atoms with van der Waals surface area (Å²) < 4.78 is 0. The SMILES string of the molecule is CCc1ccc(NC(C)C2CC3C=CC2C3)cc1. The smallest absolute Gasteiger partial charge is 0.0342 e. The van der Waals surface area contributed by atoms with Crippen molar-refractivity contribution in [3.8, 4) is 0 Å². The van der Waals surface area contributed by atoms with Crippen molar-refractivity contribution in [1.82, 2.24) is 0 Å². The van der Waals surface area contributed by atoms with Gasteiger partial charge in [-0.1, -0.05) is 31.2 Å². The van der Waals surface area contributed by atoms with Crippen LogP contribution < -0.4 is 5.32 Å². The Labute approximate surface area is 110 Å². The van der Waals surface area contributed by atoms with Gasteiger partial charge in [-0.2, -0.15) is 0 Å². The maximum absolute atomic E-state index is 3.69. The van der Waals surface area contributed by atoms with E-state index in [2.05, 4.69) is 55.6 Å². The van der Waals surface area contributed by atoms with Crippen LogP contribution in [0.2, 0.25) is 0 Å². The van der Waals surface area contributed by atoms with Crippen LogP contribution in [0, 0.1) is 17.8 Å². The van der Waals surface area contributed by atoms with Crippen molar-refractivity contribution in [2.24, 2.45) is 17.8 Å². The Hall–Kier alpha value is -1.24. The Kier molecular flexibility index (Phi) is 3.15. The Morgan fingerprint density at radius 1 is 1.17 bits per heavy atom. The zero-order valence-electron chi connectivity index (χ0n) is 11.4. The Balaban J connectivity index is 1.63. The second-order valence-electron chi connectivity index (χ2n) is 5.93. The van der Waals surface area contributed by atoms with Crippen molar-refractivity contribution in [3.05, 3.63) is 42.0 Å². The average Bonchev–Trinajstić information content (AvgIpc) is 3.02. The van der Waals surface area contributed by atoms with E-state index < -0.39 is 0 Å². The molecule has 1 saturated carbocycles.